The second-order valence-electron chi connectivity index (χ2n) is 5.50. The molecule has 1 fully saturated rings. The SMILES string of the molecule is CCN(CC)C[C@@H](O)COC(=O)C1(OC)CCCCC1. The van der Waals surface area contributed by atoms with Gasteiger partial charge in [-0.25, -0.2) is 4.79 Å². The van der Waals surface area contributed by atoms with E-state index in [2.05, 4.69) is 4.90 Å². The van der Waals surface area contributed by atoms with Crippen LogP contribution in [-0.4, -0.2) is 61.0 Å². The van der Waals surface area contributed by atoms with Crippen molar-refractivity contribution in [3.63, 3.8) is 0 Å². The third-order valence-electron chi connectivity index (χ3n) is 4.19. The molecule has 0 aromatic carbocycles. The van der Waals surface area contributed by atoms with Crippen LogP contribution in [0.2, 0.25) is 0 Å². The maximum Gasteiger partial charge on any atom is 0.338 e. The lowest BCUT2D eigenvalue weighted by atomic mass is 9.84. The normalized spacial score (nSPS) is 19.9. The molecule has 0 radical (unpaired) electrons. The Labute approximate surface area is 122 Å². The molecule has 0 amide bonds. The molecule has 5 nitrogen and oxygen atoms in total. The van der Waals surface area contributed by atoms with Crippen molar-refractivity contribution in [2.24, 2.45) is 0 Å². The molecular weight excluding hydrogens is 258 g/mol. The number of aliphatic hydroxyl groups is 1. The van der Waals surface area contributed by atoms with Crippen molar-refractivity contribution in [1.82, 2.24) is 4.90 Å². The number of rotatable bonds is 8. The van der Waals surface area contributed by atoms with Crippen molar-refractivity contribution in [3.8, 4) is 0 Å². The minimum absolute atomic E-state index is 0.0421. The number of likely N-dealkylation sites (N-methyl/N-ethyl adjacent to an activating group) is 1. The first-order valence-electron chi connectivity index (χ1n) is 7.70. The lowest BCUT2D eigenvalue weighted by Crippen LogP contribution is -2.45. The Bertz CT molecular complexity index is 286. The fourth-order valence-corrected chi connectivity index (χ4v) is 2.75. The molecule has 1 aliphatic rings. The van der Waals surface area contributed by atoms with Crippen molar-refractivity contribution in [2.75, 3.05) is 33.4 Å². The molecule has 0 heterocycles. The van der Waals surface area contributed by atoms with Gasteiger partial charge in [0, 0.05) is 13.7 Å². The molecule has 0 bridgehead atoms. The molecule has 1 aliphatic carbocycles. The number of nitrogens with zero attached hydrogens (tertiary/aromatic N) is 1. The molecule has 5 heteroatoms. The minimum Gasteiger partial charge on any atom is -0.461 e. The van der Waals surface area contributed by atoms with Crippen LogP contribution in [0.4, 0.5) is 0 Å². The summed E-state index contributed by atoms with van der Waals surface area (Å²) in [7, 11) is 1.57. The van der Waals surface area contributed by atoms with E-state index in [1.807, 2.05) is 13.8 Å². The van der Waals surface area contributed by atoms with E-state index in [0.717, 1.165) is 32.4 Å². The summed E-state index contributed by atoms with van der Waals surface area (Å²) in [5.41, 5.74) is -0.785. The number of esters is 1. The standard InChI is InChI=1S/C15H29NO4/c1-4-16(5-2)11-13(17)12-20-14(18)15(19-3)9-7-6-8-10-15/h13,17H,4-12H2,1-3H3/t13-/m1/s1. The van der Waals surface area contributed by atoms with Crippen LogP contribution in [0.1, 0.15) is 46.0 Å². The monoisotopic (exact) mass is 287 g/mol. The van der Waals surface area contributed by atoms with Crippen molar-refractivity contribution >= 4 is 5.97 Å². The molecule has 1 saturated carbocycles. The van der Waals surface area contributed by atoms with E-state index in [9.17, 15) is 9.90 Å². The highest BCUT2D eigenvalue weighted by molar-refractivity contribution is 5.79. The van der Waals surface area contributed by atoms with Crippen LogP contribution in [0.3, 0.4) is 0 Å². The van der Waals surface area contributed by atoms with E-state index in [-0.39, 0.29) is 12.6 Å². The zero-order chi connectivity index (χ0) is 15.0. The molecule has 0 aromatic heterocycles. The van der Waals surface area contributed by atoms with Crippen LogP contribution >= 0.6 is 0 Å². The minimum atomic E-state index is -0.785. The summed E-state index contributed by atoms with van der Waals surface area (Å²) in [5, 5.41) is 9.93. The van der Waals surface area contributed by atoms with Crippen LogP contribution in [0.25, 0.3) is 0 Å². The zero-order valence-corrected chi connectivity index (χ0v) is 13.1. The van der Waals surface area contributed by atoms with Crippen molar-refractivity contribution in [2.45, 2.75) is 57.7 Å². The van der Waals surface area contributed by atoms with E-state index < -0.39 is 11.7 Å². The van der Waals surface area contributed by atoms with Gasteiger partial charge in [-0.15, -0.1) is 0 Å². The quantitative estimate of drug-likeness (QED) is 0.687. The lowest BCUT2D eigenvalue weighted by molar-refractivity contribution is -0.176. The van der Waals surface area contributed by atoms with Crippen molar-refractivity contribution in [3.05, 3.63) is 0 Å². The topological polar surface area (TPSA) is 59.0 Å². The van der Waals surface area contributed by atoms with E-state index in [0.29, 0.717) is 19.4 Å². The average molecular weight is 287 g/mol. The van der Waals surface area contributed by atoms with E-state index in [4.69, 9.17) is 9.47 Å². The summed E-state index contributed by atoms with van der Waals surface area (Å²) in [6.45, 7) is 6.42. The van der Waals surface area contributed by atoms with Crippen LogP contribution in [-0.2, 0) is 14.3 Å². The Hall–Kier alpha value is -0.650. The molecule has 1 atom stereocenters. The number of hydrogen-bond donors (Lipinski definition) is 1. The van der Waals surface area contributed by atoms with E-state index >= 15 is 0 Å². The first kappa shape index (κ1) is 17.4. The molecule has 0 aliphatic heterocycles. The highest BCUT2D eigenvalue weighted by atomic mass is 16.6. The third-order valence-corrected chi connectivity index (χ3v) is 4.19. The fourth-order valence-electron chi connectivity index (χ4n) is 2.75. The Morgan fingerprint density at radius 3 is 2.35 bits per heavy atom. The molecule has 0 aromatic rings. The van der Waals surface area contributed by atoms with Gasteiger partial charge < -0.3 is 19.5 Å². The largest absolute Gasteiger partial charge is 0.461 e. The summed E-state index contributed by atoms with van der Waals surface area (Å²) in [6, 6.07) is 0. The summed E-state index contributed by atoms with van der Waals surface area (Å²) in [6.07, 6.45) is 3.92. The van der Waals surface area contributed by atoms with Crippen LogP contribution in [0, 0.1) is 0 Å². The smallest absolute Gasteiger partial charge is 0.338 e. The first-order valence-corrected chi connectivity index (χ1v) is 7.70. The molecular formula is C15H29NO4. The van der Waals surface area contributed by atoms with Crippen LogP contribution in [0.5, 0.6) is 0 Å². The van der Waals surface area contributed by atoms with Gasteiger partial charge in [0.05, 0.1) is 0 Å². The van der Waals surface area contributed by atoms with Gasteiger partial charge in [-0.3, -0.25) is 0 Å². The van der Waals surface area contributed by atoms with Gasteiger partial charge in [0.15, 0.2) is 5.60 Å². The Balaban J connectivity index is 2.41. The molecule has 0 saturated heterocycles. The van der Waals surface area contributed by atoms with Crippen LogP contribution in [0.15, 0.2) is 0 Å². The molecule has 1 N–H and O–H groups in total. The Morgan fingerprint density at radius 2 is 1.85 bits per heavy atom. The number of hydrogen-bond acceptors (Lipinski definition) is 5. The van der Waals surface area contributed by atoms with Gasteiger partial charge in [0.2, 0.25) is 0 Å². The Morgan fingerprint density at radius 1 is 1.25 bits per heavy atom. The summed E-state index contributed by atoms with van der Waals surface area (Å²) >= 11 is 0. The van der Waals surface area contributed by atoms with Crippen molar-refractivity contribution in [1.29, 1.82) is 0 Å². The predicted molar refractivity (Wildman–Crippen MR) is 77.6 cm³/mol. The number of ether oxygens (including phenoxy) is 2. The van der Waals surface area contributed by atoms with Gasteiger partial charge in [-0.2, -0.15) is 0 Å². The molecule has 20 heavy (non-hydrogen) atoms. The summed E-state index contributed by atoms with van der Waals surface area (Å²) in [5.74, 6) is -0.321. The molecule has 118 valence electrons. The maximum absolute atomic E-state index is 12.2. The maximum atomic E-state index is 12.2. The average Bonchev–Trinajstić information content (AvgIpc) is 2.50. The lowest BCUT2D eigenvalue weighted by Gasteiger charge is -2.33. The van der Waals surface area contributed by atoms with Crippen molar-refractivity contribution < 1.29 is 19.4 Å². The molecule has 0 spiro atoms. The van der Waals surface area contributed by atoms with Gasteiger partial charge in [-0.05, 0) is 38.8 Å². The van der Waals surface area contributed by atoms with E-state index in [1.165, 1.54) is 0 Å². The van der Waals surface area contributed by atoms with Crippen LogP contribution < -0.4 is 0 Å². The first-order chi connectivity index (χ1) is 9.57. The zero-order valence-electron chi connectivity index (χ0n) is 13.1. The van der Waals surface area contributed by atoms with E-state index in [1.54, 1.807) is 7.11 Å². The molecule has 1 rings (SSSR count). The number of carbonyl (C=O) groups is 1. The number of methoxy groups -OCH3 is 1. The second-order valence-corrected chi connectivity index (χ2v) is 5.50. The summed E-state index contributed by atoms with van der Waals surface area (Å²) < 4.78 is 10.7. The second kappa shape index (κ2) is 8.60. The Kier molecular flexibility index (Phi) is 7.48. The van der Waals surface area contributed by atoms with Gasteiger partial charge >= 0.3 is 5.97 Å². The summed E-state index contributed by atoms with van der Waals surface area (Å²) in [4.78, 5) is 14.3. The highest BCUT2D eigenvalue weighted by Gasteiger charge is 2.41. The third kappa shape index (κ3) is 4.72. The fraction of sp³-hybridized carbons (Fsp3) is 0.933. The van der Waals surface area contributed by atoms with Gasteiger partial charge in [0.1, 0.15) is 12.7 Å². The molecule has 0 unspecified atom stereocenters. The van der Waals surface area contributed by atoms with Gasteiger partial charge in [0.25, 0.3) is 0 Å². The number of carbonyl (C=O) groups excluding carboxylic acids is 1. The highest BCUT2D eigenvalue weighted by Crippen LogP contribution is 2.32. The predicted octanol–water partition coefficient (Wildman–Crippen LogP) is 1.58. The number of aliphatic hydroxyl groups excluding tert-OH is 1. The van der Waals surface area contributed by atoms with Gasteiger partial charge in [-0.1, -0.05) is 20.3 Å².